The van der Waals surface area contributed by atoms with Crippen LogP contribution < -0.4 is 10.2 Å². The van der Waals surface area contributed by atoms with Crippen LogP contribution in [0.3, 0.4) is 0 Å². The van der Waals surface area contributed by atoms with E-state index in [1.165, 1.54) is 6.07 Å². The molecule has 1 saturated carbocycles. The molecule has 2 aromatic carbocycles. The summed E-state index contributed by atoms with van der Waals surface area (Å²) in [6, 6.07) is 11.1. The number of alkyl halides is 3. The second-order valence-corrected chi connectivity index (χ2v) is 9.88. The van der Waals surface area contributed by atoms with E-state index in [-0.39, 0.29) is 24.7 Å². The van der Waals surface area contributed by atoms with Crippen LogP contribution in [-0.2, 0) is 15.7 Å². The van der Waals surface area contributed by atoms with Crippen molar-refractivity contribution in [3.05, 3.63) is 58.0 Å². The van der Waals surface area contributed by atoms with Crippen LogP contribution in [0.1, 0.15) is 37.7 Å². The number of carbonyl (C=O) groups is 1. The molecule has 1 N–H and O–H groups in total. The topological polar surface area (TPSA) is 74.2 Å². The Kier molecular flexibility index (Phi) is 8.91. The Bertz CT molecular complexity index is 1080. The number of benzene rings is 2. The lowest BCUT2D eigenvalue weighted by atomic mass is 9.92. The molecule has 37 heavy (non-hydrogen) atoms. The van der Waals surface area contributed by atoms with Crippen molar-refractivity contribution in [2.24, 2.45) is 5.18 Å². The molecule has 0 aromatic heterocycles. The minimum atomic E-state index is -4.65. The predicted octanol–water partition coefficient (Wildman–Crippen LogP) is 6.24. The minimum absolute atomic E-state index is 0.0175. The van der Waals surface area contributed by atoms with Crippen molar-refractivity contribution in [1.29, 1.82) is 0 Å². The van der Waals surface area contributed by atoms with Crippen LogP contribution in [-0.4, -0.2) is 55.7 Å². The van der Waals surface area contributed by atoms with Crippen molar-refractivity contribution < 1.29 is 22.7 Å². The monoisotopic (exact) mass is 538 g/mol. The number of halogens is 4. The number of amides is 1. The highest BCUT2D eigenvalue weighted by Gasteiger charge is 2.34. The lowest BCUT2D eigenvalue weighted by Gasteiger charge is -2.30. The number of anilines is 2. The van der Waals surface area contributed by atoms with E-state index < -0.39 is 17.4 Å². The molecule has 1 heterocycles. The Labute approximate surface area is 218 Å². The highest BCUT2D eigenvalue weighted by atomic mass is 35.5. The van der Waals surface area contributed by atoms with E-state index in [9.17, 15) is 22.9 Å². The molecule has 1 saturated heterocycles. The van der Waals surface area contributed by atoms with Gasteiger partial charge in [-0.05, 0) is 79.7 Å². The van der Waals surface area contributed by atoms with Gasteiger partial charge in [-0.25, -0.2) is 0 Å². The second kappa shape index (κ2) is 12.1. The first-order valence-electron chi connectivity index (χ1n) is 12.4. The molecule has 1 aliphatic carbocycles. The molecule has 1 aliphatic heterocycles. The number of hydrogen-bond acceptors (Lipinski definition) is 6. The van der Waals surface area contributed by atoms with Gasteiger partial charge in [0.2, 0.25) is 5.91 Å². The summed E-state index contributed by atoms with van der Waals surface area (Å²) in [6.07, 6.45) is -1.04. The number of rotatable bonds is 7. The van der Waals surface area contributed by atoms with Gasteiger partial charge >= 0.3 is 6.18 Å². The Balaban J connectivity index is 1.20. The highest BCUT2D eigenvalue weighted by molar-refractivity contribution is 6.30. The zero-order valence-corrected chi connectivity index (χ0v) is 21.1. The van der Waals surface area contributed by atoms with E-state index in [1.807, 2.05) is 29.2 Å². The van der Waals surface area contributed by atoms with E-state index in [1.54, 1.807) is 0 Å². The average Bonchev–Trinajstić information content (AvgIpc) is 3.14. The minimum Gasteiger partial charge on any atom is -0.382 e. The first kappa shape index (κ1) is 27.2. The zero-order valence-electron chi connectivity index (χ0n) is 20.3. The van der Waals surface area contributed by atoms with Gasteiger partial charge in [0.1, 0.15) is 12.3 Å². The van der Waals surface area contributed by atoms with Gasteiger partial charge in [-0.15, -0.1) is 4.91 Å². The van der Waals surface area contributed by atoms with Crippen molar-refractivity contribution in [1.82, 2.24) is 4.90 Å². The van der Waals surface area contributed by atoms with E-state index in [2.05, 4.69) is 15.4 Å². The van der Waals surface area contributed by atoms with Gasteiger partial charge in [0.25, 0.3) is 0 Å². The number of ether oxygens (including phenoxy) is 1. The molecule has 2 fully saturated rings. The van der Waals surface area contributed by atoms with Gasteiger partial charge in [0, 0.05) is 48.6 Å². The molecule has 2 aromatic rings. The number of carbonyl (C=O) groups excluding carboxylic acids is 1. The average molecular weight is 539 g/mol. The molecule has 0 unspecified atom stereocenters. The van der Waals surface area contributed by atoms with E-state index >= 15 is 0 Å². The summed E-state index contributed by atoms with van der Waals surface area (Å²) in [5.74, 6) is -0.0261. The second-order valence-electron chi connectivity index (χ2n) is 9.45. The molecule has 7 nitrogen and oxygen atoms in total. The molecule has 0 radical (unpaired) electrons. The van der Waals surface area contributed by atoms with Gasteiger partial charge in [-0.2, -0.15) is 13.2 Å². The first-order valence-corrected chi connectivity index (χ1v) is 12.8. The Morgan fingerprint density at radius 2 is 1.76 bits per heavy atom. The fourth-order valence-electron chi connectivity index (χ4n) is 4.90. The SMILES string of the molecule is O=Nc1ccc(NC2CCC(OCC(=O)N3CCCN(c4ccc(Cl)cc4)CC3)CC2)cc1C(F)(F)F. The van der Waals surface area contributed by atoms with E-state index in [4.69, 9.17) is 16.3 Å². The molecule has 2 aliphatic rings. The van der Waals surface area contributed by atoms with Crippen molar-refractivity contribution in [2.75, 3.05) is 43.0 Å². The van der Waals surface area contributed by atoms with Crippen LogP contribution in [0.5, 0.6) is 0 Å². The maximum Gasteiger partial charge on any atom is 0.418 e. The molecule has 0 atom stereocenters. The summed E-state index contributed by atoms with van der Waals surface area (Å²) in [7, 11) is 0. The van der Waals surface area contributed by atoms with Crippen LogP contribution in [0, 0.1) is 4.91 Å². The van der Waals surface area contributed by atoms with Crippen molar-refractivity contribution in [3.63, 3.8) is 0 Å². The van der Waals surface area contributed by atoms with Gasteiger partial charge in [-0.1, -0.05) is 11.6 Å². The highest BCUT2D eigenvalue weighted by Crippen LogP contribution is 2.38. The van der Waals surface area contributed by atoms with Gasteiger partial charge in [0.05, 0.1) is 11.7 Å². The lowest BCUT2D eigenvalue weighted by Crippen LogP contribution is -2.39. The third-order valence-corrected chi connectivity index (χ3v) is 7.18. The summed E-state index contributed by atoms with van der Waals surface area (Å²) in [5.41, 5.74) is -0.283. The smallest absolute Gasteiger partial charge is 0.382 e. The van der Waals surface area contributed by atoms with E-state index in [0.29, 0.717) is 49.5 Å². The fraction of sp³-hybridized carbons (Fsp3) is 0.500. The van der Waals surface area contributed by atoms with Crippen molar-refractivity contribution in [3.8, 4) is 0 Å². The Morgan fingerprint density at radius 1 is 1.03 bits per heavy atom. The maximum absolute atomic E-state index is 13.2. The first-order chi connectivity index (χ1) is 17.7. The standard InChI is InChI=1S/C26H30ClF3N4O3/c27-18-2-7-21(8-3-18)33-12-1-13-34(15-14-33)25(35)17-37-22-9-4-19(5-10-22)31-20-6-11-24(32-36)23(16-20)26(28,29)30/h2-3,6-8,11,16,19,22,31H,1,4-5,9-10,12-15,17H2. The van der Waals surface area contributed by atoms with E-state index in [0.717, 1.165) is 37.3 Å². The van der Waals surface area contributed by atoms with Crippen LogP contribution in [0.4, 0.5) is 30.2 Å². The van der Waals surface area contributed by atoms with Gasteiger partial charge < -0.3 is 19.9 Å². The molecular weight excluding hydrogens is 509 g/mol. The van der Waals surface area contributed by atoms with Crippen molar-refractivity contribution >= 4 is 34.6 Å². The third-order valence-electron chi connectivity index (χ3n) is 6.93. The zero-order chi connectivity index (χ0) is 26.4. The summed E-state index contributed by atoms with van der Waals surface area (Å²) >= 11 is 5.98. The molecule has 200 valence electrons. The van der Waals surface area contributed by atoms with Crippen LogP contribution in [0.25, 0.3) is 0 Å². The number of nitroso groups, excluding NO2 is 1. The van der Waals surface area contributed by atoms with Gasteiger partial charge in [0.15, 0.2) is 0 Å². The molecule has 1 amide bonds. The molecular formula is C26H30ClF3N4O3. The quantitative estimate of drug-likeness (QED) is 0.423. The molecule has 0 spiro atoms. The maximum atomic E-state index is 13.2. The van der Waals surface area contributed by atoms with Crippen molar-refractivity contribution in [2.45, 2.75) is 50.4 Å². The third kappa shape index (κ3) is 7.35. The Morgan fingerprint density at radius 3 is 2.43 bits per heavy atom. The number of nitrogens with zero attached hydrogens (tertiary/aromatic N) is 3. The molecule has 4 rings (SSSR count). The predicted molar refractivity (Wildman–Crippen MR) is 137 cm³/mol. The Hall–Kier alpha value is -2.85. The van der Waals surface area contributed by atoms with Gasteiger partial charge in [-0.3, -0.25) is 4.79 Å². The fourth-order valence-corrected chi connectivity index (χ4v) is 5.03. The largest absolute Gasteiger partial charge is 0.418 e. The molecule has 0 bridgehead atoms. The summed E-state index contributed by atoms with van der Waals surface area (Å²) in [6.45, 7) is 2.94. The lowest BCUT2D eigenvalue weighted by molar-refractivity contribution is -0.139. The molecule has 11 heteroatoms. The van der Waals surface area contributed by atoms with Crippen LogP contribution in [0.15, 0.2) is 47.6 Å². The summed E-state index contributed by atoms with van der Waals surface area (Å²) < 4.78 is 45.5. The summed E-state index contributed by atoms with van der Waals surface area (Å²) in [5, 5.41) is 6.29. The normalized spacial score (nSPS) is 20.9. The number of hydrogen-bond donors (Lipinski definition) is 1. The van der Waals surface area contributed by atoms with Crippen LogP contribution >= 0.6 is 11.6 Å². The number of nitrogens with one attached hydrogen (secondary N) is 1. The van der Waals surface area contributed by atoms with Crippen LogP contribution in [0.2, 0.25) is 5.02 Å². The summed E-state index contributed by atoms with van der Waals surface area (Å²) in [4.78, 5) is 27.6.